The molecule has 0 aliphatic heterocycles. The Hall–Kier alpha value is -2.10. The average Bonchev–Trinajstić information content (AvgIpc) is 2.37. The van der Waals surface area contributed by atoms with Crippen LogP contribution in [0.1, 0.15) is 44.5 Å². The molecular weight excluding hydrogens is 262 g/mol. The summed E-state index contributed by atoms with van der Waals surface area (Å²) in [5.41, 5.74) is 9.47. The quantitative estimate of drug-likeness (QED) is 0.884. The van der Waals surface area contributed by atoms with E-state index in [9.17, 15) is 5.11 Å². The molecule has 1 aromatic heterocycles. The summed E-state index contributed by atoms with van der Waals surface area (Å²) in [7, 11) is 0. The number of aryl methyl sites for hydroxylation is 1. The van der Waals surface area contributed by atoms with Gasteiger partial charge in [0.1, 0.15) is 11.6 Å². The van der Waals surface area contributed by atoms with E-state index in [2.05, 4.69) is 30.7 Å². The van der Waals surface area contributed by atoms with Crippen molar-refractivity contribution < 1.29 is 5.11 Å². The summed E-state index contributed by atoms with van der Waals surface area (Å²) in [4.78, 5) is 8.81. The van der Waals surface area contributed by atoms with Crippen LogP contribution in [0.5, 0.6) is 5.75 Å². The minimum Gasteiger partial charge on any atom is -0.507 e. The van der Waals surface area contributed by atoms with Crippen molar-refractivity contribution in [3.63, 3.8) is 0 Å². The Morgan fingerprint density at radius 2 is 1.86 bits per heavy atom. The van der Waals surface area contributed by atoms with Crippen molar-refractivity contribution in [1.29, 1.82) is 0 Å². The normalized spacial score (nSPS) is 11.7. The summed E-state index contributed by atoms with van der Waals surface area (Å²) in [6.07, 6.45) is 0.799. The molecule has 0 radical (unpaired) electrons. The predicted octanol–water partition coefficient (Wildman–Crippen LogP) is 3.60. The third-order valence-electron chi connectivity index (χ3n) is 3.70. The van der Waals surface area contributed by atoms with Crippen LogP contribution in [-0.4, -0.2) is 15.1 Å². The van der Waals surface area contributed by atoms with E-state index in [1.54, 1.807) is 6.07 Å². The Bertz CT molecular complexity index is 649. The first-order chi connectivity index (χ1) is 9.74. The van der Waals surface area contributed by atoms with Crippen molar-refractivity contribution in [1.82, 2.24) is 9.97 Å². The minimum atomic E-state index is -0.0160. The van der Waals surface area contributed by atoms with Gasteiger partial charge in [-0.25, -0.2) is 9.97 Å². The third kappa shape index (κ3) is 2.99. The van der Waals surface area contributed by atoms with Crippen LogP contribution in [0.25, 0.3) is 11.4 Å². The van der Waals surface area contributed by atoms with Crippen molar-refractivity contribution >= 4 is 5.82 Å². The highest BCUT2D eigenvalue weighted by Crippen LogP contribution is 2.33. The van der Waals surface area contributed by atoms with E-state index in [-0.39, 0.29) is 11.2 Å². The second-order valence-corrected chi connectivity index (χ2v) is 6.33. The van der Waals surface area contributed by atoms with E-state index < -0.39 is 0 Å². The Kier molecular flexibility index (Phi) is 3.90. The number of benzene rings is 1. The monoisotopic (exact) mass is 285 g/mol. The maximum atomic E-state index is 10.3. The van der Waals surface area contributed by atoms with Crippen molar-refractivity contribution in [2.45, 2.75) is 46.5 Å². The molecular formula is C17H23N3O. The number of aromatic nitrogens is 2. The number of nitrogens with two attached hydrogens (primary N) is 1. The maximum absolute atomic E-state index is 10.3. The van der Waals surface area contributed by atoms with Gasteiger partial charge < -0.3 is 10.8 Å². The summed E-state index contributed by atoms with van der Waals surface area (Å²) < 4.78 is 0. The average molecular weight is 285 g/mol. The first-order valence-electron chi connectivity index (χ1n) is 7.21. The molecule has 0 aliphatic rings. The van der Waals surface area contributed by atoms with Gasteiger partial charge in [0.05, 0.1) is 5.56 Å². The molecule has 1 aromatic carbocycles. The largest absolute Gasteiger partial charge is 0.507 e. The van der Waals surface area contributed by atoms with E-state index in [1.807, 2.05) is 26.0 Å². The Morgan fingerprint density at radius 3 is 2.33 bits per heavy atom. The lowest BCUT2D eigenvalue weighted by Crippen LogP contribution is -2.11. The zero-order chi connectivity index (χ0) is 15.8. The van der Waals surface area contributed by atoms with Gasteiger partial charge in [0.25, 0.3) is 0 Å². The molecule has 21 heavy (non-hydrogen) atoms. The molecule has 0 atom stereocenters. The Morgan fingerprint density at radius 1 is 1.19 bits per heavy atom. The predicted molar refractivity (Wildman–Crippen MR) is 86.4 cm³/mol. The van der Waals surface area contributed by atoms with Crippen LogP contribution in [0.2, 0.25) is 0 Å². The molecule has 4 heteroatoms. The van der Waals surface area contributed by atoms with Crippen LogP contribution < -0.4 is 5.73 Å². The van der Waals surface area contributed by atoms with E-state index in [0.717, 1.165) is 23.2 Å². The van der Waals surface area contributed by atoms with Crippen LogP contribution >= 0.6 is 0 Å². The first kappa shape index (κ1) is 15.3. The van der Waals surface area contributed by atoms with Gasteiger partial charge in [0.2, 0.25) is 0 Å². The summed E-state index contributed by atoms with van der Waals surface area (Å²) in [5.74, 6) is 1.14. The van der Waals surface area contributed by atoms with Crippen LogP contribution in [0, 0.1) is 6.92 Å². The molecule has 4 nitrogen and oxygen atoms in total. The van der Waals surface area contributed by atoms with Gasteiger partial charge in [-0.15, -0.1) is 0 Å². The summed E-state index contributed by atoms with van der Waals surface area (Å²) in [6, 6.07) is 5.63. The highest BCUT2D eigenvalue weighted by Gasteiger charge is 2.17. The zero-order valence-electron chi connectivity index (χ0n) is 13.4. The number of rotatable bonds is 2. The highest BCUT2D eigenvalue weighted by atomic mass is 16.3. The molecule has 0 saturated carbocycles. The van der Waals surface area contributed by atoms with Crippen LogP contribution in [0.3, 0.4) is 0 Å². The molecule has 0 spiro atoms. The highest BCUT2D eigenvalue weighted by molar-refractivity contribution is 5.66. The van der Waals surface area contributed by atoms with Crippen LogP contribution in [0.15, 0.2) is 18.2 Å². The van der Waals surface area contributed by atoms with Gasteiger partial charge in [-0.3, -0.25) is 0 Å². The molecule has 0 fully saturated rings. The second-order valence-electron chi connectivity index (χ2n) is 6.33. The number of nitrogen functional groups attached to an aromatic ring is 1. The smallest absolute Gasteiger partial charge is 0.165 e. The topological polar surface area (TPSA) is 72.0 Å². The fraction of sp³-hybridized carbons (Fsp3) is 0.412. The molecule has 0 unspecified atom stereocenters. The lowest BCUT2D eigenvalue weighted by atomic mass is 9.86. The Balaban J connectivity index is 2.53. The van der Waals surface area contributed by atoms with Gasteiger partial charge in [-0.2, -0.15) is 0 Å². The number of hydrogen-bond acceptors (Lipinski definition) is 4. The van der Waals surface area contributed by atoms with E-state index in [4.69, 9.17) is 5.73 Å². The fourth-order valence-corrected chi connectivity index (χ4v) is 2.36. The lowest BCUT2D eigenvalue weighted by Gasteiger charge is -2.20. The standard InChI is InChI=1S/C17H23N3O/c1-6-12-10(2)19-16(20-15(12)18)13-8-7-11(9-14(13)21)17(3,4)5/h7-9,21H,6H2,1-5H3,(H2,18,19,20). The number of phenols is 1. The van der Waals surface area contributed by atoms with E-state index >= 15 is 0 Å². The van der Waals surface area contributed by atoms with Crippen LogP contribution in [-0.2, 0) is 11.8 Å². The number of phenolic OH excluding ortho intramolecular Hbond substituents is 1. The molecule has 0 bridgehead atoms. The molecule has 2 rings (SSSR count). The van der Waals surface area contributed by atoms with Gasteiger partial charge >= 0.3 is 0 Å². The first-order valence-corrected chi connectivity index (χ1v) is 7.21. The lowest BCUT2D eigenvalue weighted by molar-refractivity contribution is 0.472. The minimum absolute atomic E-state index is 0.0160. The van der Waals surface area contributed by atoms with E-state index in [0.29, 0.717) is 17.2 Å². The fourth-order valence-electron chi connectivity index (χ4n) is 2.36. The van der Waals surface area contributed by atoms with Gasteiger partial charge in [0, 0.05) is 11.3 Å². The third-order valence-corrected chi connectivity index (χ3v) is 3.70. The summed E-state index contributed by atoms with van der Waals surface area (Å²) >= 11 is 0. The maximum Gasteiger partial charge on any atom is 0.165 e. The van der Waals surface area contributed by atoms with Crippen molar-refractivity contribution in [2.75, 3.05) is 5.73 Å². The van der Waals surface area contributed by atoms with Crippen molar-refractivity contribution in [3.8, 4) is 17.1 Å². The summed E-state index contributed by atoms with van der Waals surface area (Å²) in [5, 5.41) is 10.3. The number of aromatic hydroxyl groups is 1. The summed E-state index contributed by atoms with van der Waals surface area (Å²) in [6.45, 7) is 10.3. The van der Waals surface area contributed by atoms with Crippen molar-refractivity contribution in [3.05, 3.63) is 35.0 Å². The van der Waals surface area contributed by atoms with Gasteiger partial charge in [-0.05, 0) is 36.5 Å². The molecule has 112 valence electrons. The molecule has 0 aliphatic carbocycles. The van der Waals surface area contributed by atoms with Crippen molar-refractivity contribution in [2.24, 2.45) is 0 Å². The number of nitrogens with zero attached hydrogens (tertiary/aromatic N) is 2. The zero-order valence-corrected chi connectivity index (χ0v) is 13.4. The number of anilines is 1. The second kappa shape index (κ2) is 5.35. The molecule has 0 amide bonds. The van der Waals surface area contributed by atoms with Gasteiger partial charge in [-0.1, -0.05) is 33.8 Å². The van der Waals surface area contributed by atoms with Gasteiger partial charge in [0.15, 0.2) is 5.82 Å². The SMILES string of the molecule is CCc1c(C)nc(-c2ccc(C(C)(C)C)cc2O)nc1N. The molecule has 3 N–H and O–H groups in total. The molecule has 2 aromatic rings. The molecule has 1 heterocycles. The van der Waals surface area contributed by atoms with E-state index in [1.165, 1.54) is 0 Å². The Labute approximate surface area is 126 Å². The molecule has 0 saturated heterocycles. The van der Waals surface area contributed by atoms with Crippen LogP contribution in [0.4, 0.5) is 5.82 Å². The number of hydrogen-bond donors (Lipinski definition) is 2.